The van der Waals surface area contributed by atoms with Crippen LogP contribution in [0.5, 0.6) is 11.5 Å². The second-order valence-electron chi connectivity index (χ2n) is 6.45. The van der Waals surface area contributed by atoms with Crippen molar-refractivity contribution in [1.29, 1.82) is 0 Å². The molecule has 2 aliphatic heterocycles. The first-order valence-corrected chi connectivity index (χ1v) is 8.32. The van der Waals surface area contributed by atoms with Crippen molar-refractivity contribution in [1.82, 2.24) is 14.9 Å². The van der Waals surface area contributed by atoms with Crippen molar-refractivity contribution in [3.8, 4) is 11.5 Å². The van der Waals surface area contributed by atoms with E-state index in [4.69, 9.17) is 9.47 Å². The molecule has 3 heterocycles. The number of hydrogen-bond donors (Lipinski definition) is 1. The van der Waals surface area contributed by atoms with Crippen molar-refractivity contribution >= 4 is 5.91 Å². The second-order valence-corrected chi connectivity index (χ2v) is 6.45. The number of nitrogens with one attached hydrogen (secondary N) is 1. The molecule has 0 bridgehead atoms. The number of amides is 1. The summed E-state index contributed by atoms with van der Waals surface area (Å²) in [5.41, 5.74) is 1.52. The fourth-order valence-corrected chi connectivity index (χ4v) is 3.38. The van der Waals surface area contributed by atoms with Crippen molar-refractivity contribution < 1.29 is 14.3 Å². The molecule has 1 N–H and O–H groups in total. The first kappa shape index (κ1) is 15.7. The average Bonchev–Trinajstić information content (AvgIpc) is 3.23. The maximum Gasteiger partial charge on any atom is 0.251 e. The van der Waals surface area contributed by atoms with Crippen LogP contribution in [-0.2, 0) is 11.2 Å². The summed E-state index contributed by atoms with van der Waals surface area (Å²) in [7, 11) is 0. The van der Waals surface area contributed by atoms with Gasteiger partial charge in [0.05, 0.1) is 12.1 Å². The predicted molar refractivity (Wildman–Crippen MR) is 89.8 cm³/mol. The third-order valence-corrected chi connectivity index (χ3v) is 4.63. The van der Waals surface area contributed by atoms with E-state index in [0.717, 1.165) is 17.7 Å². The minimum atomic E-state index is -0.146. The van der Waals surface area contributed by atoms with Gasteiger partial charge in [0.25, 0.3) is 5.56 Å². The molecule has 1 aromatic carbocycles. The highest BCUT2D eigenvalue weighted by Crippen LogP contribution is 2.33. The van der Waals surface area contributed by atoms with Gasteiger partial charge in [-0.3, -0.25) is 9.59 Å². The van der Waals surface area contributed by atoms with Crippen molar-refractivity contribution in [2.45, 2.75) is 25.7 Å². The molecular formula is C18H19N3O4. The third kappa shape index (κ3) is 3.22. The van der Waals surface area contributed by atoms with Gasteiger partial charge in [0.1, 0.15) is 5.82 Å². The van der Waals surface area contributed by atoms with Crippen molar-refractivity contribution in [3.05, 3.63) is 51.7 Å². The Morgan fingerprint density at radius 1 is 1.32 bits per heavy atom. The van der Waals surface area contributed by atoms with Gasteiger partial charge in [-0.2, -0.15) is 0 Å². The zero-order valence-corrected chi connectivity index (χ0v) is 13.9. The Balaban J connectivity index is 1.43. The monoisotopic (exact) mass is 341 g/mol. The van der Waals surface area contributed by atoms with Crippen LogP contribution in [0.2, 0.25) is 0 Å². The third-order valence-electron chi connectivity index (χ3n) is 4.63. The van der Waals surface area contributed by atoms with Gasteiger partial charge < -0.3 is 19.4 Å². The molecule has 0 spiro atoms. The van der Waals surface area contributed by atoms with Crippen LogP contribution in [0.4, 0.5) is 0 Å². The summed E-state index contributed by atoms with van der Waals surface area (Å²) >= 11 is 0. The number of rotatable bonds is 3. The molecule has 7 heteroatoms. The summed E-state index contributed by atoms with van der Waals surface area (Å²) < 4.78 is 10.6. The number of aromatic amines is 1. The standard InChI is InChI=1S/C18H19N3O4/c1-11-19-14(8-17(22)20-11)13-4-5-21(9-13)18(23)7-12-2-3-15-16(6-12)25-10-24-15/h2-3,6,8,13H,4-5,7,9-10H2,1H3,(H,19,20,22). The number of carbonyl (C=O) groups excluding carboxylic acids is 1. The van der Waals surface area contributed by atoms with E-state index in [1.54, 1.807) is 6.92 Å². The smallest absolute Gasteiger partial charge is 0.251 e. The molecule has 7 nitrogen and oxygen atoms in total. The minimum Gasteiger partial charge on any atom is -0.454 e. The quantitative estimate of drug-likeness (QED) is 0.911. The Hall–Kier alpha value is -2.83. The van der Waals surface area contributed by atoms with E-state index in [9.17, 15) is 9.59 Å². The molecular weight excluding hydrogens is 322 g/mol. The lowest BCUT2D eigenvalue weighted by Crippen LogP contribution is -2.30. The van der Waals surface area contributed by atoms with Crippen molar-refractivity contribution in [2.24, 2.45) is 0 Å². The average molecular weight is 341 g/mol. The lowest BCUT2D eigenvalue weighted by atomic mass is 10.0. The van der Waals surface area contributed by atoms with E-state index in [-0.39, 0.29) is 24.2 Å². The fourth-order valence-electron chi connectivity index (χ4n) is 3.38. The van der Waals surface area contributed by atoms with Crippen LogP contribution in [0.15, 0.2) is 29.1 Å². The van der Waals surface area contributed by atoms with E-state index in [2.05, 4.69) is 9.97 Å². The van der Waals surface area contributed by atoms with Gasteiger partial charge in [0, 0.05) is 25.1 Å². The van der Waals surface area contributed by atoms with Gasteiger partial charge in [-0.05, 0) is 31.0 Å². The van der Waals surface area contributed by atoms with Gasteiger partial charge in [0.2, 0.25) is 12.7 Å². The van der Waals surface area contributed by atoms with Crippen LogP contribution in [0.25, 0.3) is 0 Å². The molecule has 0 aliphatic carbocycles. The summed E-state index contributed by atoms with van der Waals surface area (Å²) in [5.74, 6) is 2.19. The largest absolute Gasteiger partial charge is 0.454 e. The highest BCUT2D eigenvalue weighted by atomic mass is 16.7. The van der Waals surface area contributed by atoms with E-state index >= 15 is 0 Å². The number of benzene rings is 1. The van der Waals surface area contributed by atoms with Crippen LogP contribution in [0.3, 0.4) is 0 Å². The fraction of sp³-hybridized carbons (Fsp3) is 0.389. The molecule has 130 valence electrons. The van der Waals surface area contributed by atoms with Gasteiger partial charge >= 0.3 is 0 Å². The first-order chi connectivity index (χ1) is 12.1. The van der Waals surface area contributed by atoms with E-state index in [1.807, 2.05) is 23.1 Å². The Bertz CT molecular complexity index is 877. The van der Waals surface area contributed by atoms with E-state index in [0.29, 0.717) is 36.8 Å². The maximum atomic E-state index is 12.6. The number of carbonyl (C=O) groups is 1. The van der Waals surface area contributed by atoms with Crippen LogP contribution < -0.4 is 15.0 Å². The van der Waals surface area contributed by atoms with E-state index < -0.39 is 0 Å². The molecule has 0 radical (unpaired) electrons. The summed E-state index contributed by atoms with van der Waals surface area (Å²) in [5, 5.41) is 0. The first-order valence-electron chi connectivity index (χ1n) is 8.32. The molecule has 4 rings (SSSR count). The van der Waals surface area contributed by atoms with E-state index in [1.165, 1.54) is 6.07 Å². The SMILES string of the molecule is Cc1nc(C2CCN(C(=O)Cc3ccc4c(c3)OCO4)C2)cc(=O)[nH]1. The zero-order chi connectivity index (χ0) is 17.4. The molecule has 0 saturated carbocycles. The number of aryl methyl sites for hydroxylation is 1. The normalized spacial score (nSPS) is 18.6. The number of ether oxygens (including phenoxy) is 2. The van der Waals surface area contributed by atoms with Gasteiger partial charge in [-0.25, -0.2) is 4.98 Å². The minimum absolute atomic E-state index is 0.0722. The number of hydrogen-bond acceptors (Lipinski definition) is 5. The summed E-state index contributed by atoms with van der Waals surface area (Å²) in [4.78, 5) is 33.1. The number of fused-ring (bicyclic) bond motifs is 1. The zero-order valence-electron chi connectivity index (χ0n) is 13.9. The highest BCUT2D eigenvalue weighted by molar-refractivity contribution is 5.79. The molecule has 1 fully saturated rings. The molecule has 1 aromatic heterocycles. The molecule has 2 aliphatic rings. The maximum absolute atomic E-state index is 12.6. The molecule has 2 aromatic rings. The number of aromatic nitrogens is 2. The van der Waals surface area contributed by atoms with Crippen LogP contribution in [0, 0.1) is 6.92 Å². The second kappa shape index (κ2) is 6.23. The van der Waals surface area contributed by atoms with Gasteiger partial charge in [0.15, 0.2) is 11.5 Å². The number of nitrogens with zero attached hydrogens (tertiary/aromatic N) is 2. The summed E-state index contributed by atoms with van der Waals surface area (Å²) in [6.07, 6.45) is 1.15. The lowest BCUT2D eigenvalue weighted by Gasteiger charge is -2.16. The Kier molecular flexibility index (Phi) is 3.91. The molecule has 25 heavy (non-hydrogen) atoms. The Labute approximate surface area is 144 Å². The Morgan fingerprint density at radius 2 is 2.16 bits per heavy atom. The molecule has 1 amide bonds. The molecule has 1 unspecified atom stereocenters. The van der Waals surface area contributed by atoms with Crippen LogP contribution in [0.1, 0.15) is 29.4 Å². The van der Waals surface area contributed by atoms with Gasteiger partial charge in [-0.1, -0.05) is 6.07 Å². The molecule has 1 atom stereocenters. The topological polar surface area (TPSA) is 84.5 Å². The number of likely N-dealkylation sites (tertiary alicyclic amines) is 1. The summed E-state index contributed by atoms with van der Waals surface area (Å²) in [6.45, 7) is 3.27. The van der Waals surface area contributed by atoms with Crippen LogP contribution in [-0.4, -0.2) is 40.7 Å². The molecule has 1 saturated heterocycles. The number of H-pyrrole nitrogens is 1. The van der Waals surface area contributed by atoms with Crippen LogP contribution >= 0.6 is 0 Å². The predicted octanol–water partition coefficient (Wildman–Crippen LogP) is 1.37. The van der Waals surface area contributed by atoms with Gasteiger partial charge in [-0.15, -0.1) is 0 Å². The summed E-state index contributed by atoms with van der Waals surface area (Å²) in [6, 6.07) is 7.11. The highest BCUT2D eigenvalue weighted by Gasteiger charge is 2.28. The van der Waals surface area contributed by atoms with Crippen molar-refractivity contribution in [2.75, 3.05) is 19.9 Å². The lowest BCUT2D eigenvalue weighted by molar-refractivity contribution is -0.129. The Morgan fingerprint density at radius 3 is 3.00 bits per heavy atom. The van der Waals surface area contributed by atoms with Crippen molar-refractivity contribution in [3.63, 3.8) is 0 Å².